The minimum atomic E-state index is -0.247. The molecule has 0 aliphatic rings. The first-order valence-electron chi connectivity index (χ1n) is 6.00. The Morgan fingerprint density at radius 2 is 1.75 bits per heavy atom. The molecule has 1 N–H and O–H groups in total. The third-order valence-electron chi connectivity index (χ3n) is 2.64. The summed E-state index contributed by atoms with van der Waals surface area (Å²) in [5.41, 5.74) is 1.20. The van der Waals surface area contributed by atoms with Gasteiger partial charge in [0.1, 0.15) is 0 Å². The summed E-state index contributed by atoms with van der Waals surface area (Å²) in [5, 5.41) is 6.66. The minimum absolute atomic E-state index is 0.120. The second kappa shape index (κ2) is 5.69. The number of rotatable bonds is 2. The molecule has 20 heavy (non-hydrogen) atoms. The predicted octanol–water partition coefficient (Wildman–Crippen LogP) is 4.75. The van der Waals surface area contributed by atoms with E-state index < -0.39 is 0 Å². The number of nitrogens with one attached hydrogen (secondary N) is 1. The monoisotopic (exact) mass is 400 g/mol. The van der Waals surface area contributed by atoms with Crippen LogP contribution in [0.3, 0.4) is 0 Å². The van der Waals surface area contributed by atoms with Crippen LogP contribution in [0.4, 0.5) is 5.88 Å². The van der Waals surface area contributed by atoms with Gasteiger partial charge in [0.15, 0.2) is 0 Å². The zero-order chi connectivity index (χ0) is 14.9. The van der Waals surface area contributed by atoms with E-state index in [1.165, 1.54) is 0 Å². The Labute approximate surface area is 134 Å². The van der Waals surface area contributed by atoms with E-state index in [1.807, 2.05) is 26.8 Å². The molecular weight excluding hydrogens is 388 g/mol. The van der Waals surface area contributed by atoms with Gasteiger partial charge in [-0.3, -0.25) is 10.1 Å². The number of halogens is 2. The Balaban J connectivity index is 2.17. The number of benzene rings is 1. The second-order valence-corrected chi connectivity index (χ2v) is 7.27. The molecule has 0 saturated carbocycles. The molecule has 0 fully saturated rings. The molecule has 0 atom stereocenters. The molecule has 0 spiro atoms. The molecule has 6 heteroatoms. The van der Waals surface area contributed by atoms with Crippen LogP contribution in [0.5, 0.6) is 0 Å². The van der Waals surface area contributed by atoms with Crippen LogP contribution in [0.15, 0.2) is 37.7 Å². The van der Waals surface area contributed by atoms with Crippen molar-refractivity contribution in [3.8, 4) is 0 Å². The largest absolute Gasteiger partial charge is 0.338 e. The molecule has 2 aromatic rings. The highest BCUT2D eigenvalue weighted by molar-refractivity contribution is 9.11. The summed E-state index contributed by atoms with van der Waals surface area (Å²) >= 11 is 6.70. The van der Waals surface area contributed by atoms with Crippen molar-refractivity contribution in [3.05, 3.63) is 44.5 Å². The van der Waals surface area contributed by atoms with Gasteiger partial charge in [-0.1, -0.05) is 57.8 Å². The maximum Gasteiger partial charge on any atom is 0.258 e. The van der Waals surface area contributed by atoms with Crippen molar-refractivity contribution < 1.29 is 9.32 Å². The molecule has 0 bridgehead atoms. The van der Waals surface area contributed by atoms with Gasteiger partial charge in [0.25, 0.3) is 5.91 Å². The molecule has 1 heterocycles. The van der Waals surface area contributed by atoms with Gasteiger partial charge in [-0.2, -0.15) is 0 Å². The molecule has 0 aliphatic heterocycles. The van der Waals surface area contributed by atoms with Crippen LogP contribution in [-0.2, 0) is 5.41 Å². The Hall–Kier alpha value is -1.14. The number of carbonyl (C=O) groups excluding carboxylic acids is 1. The van der Waals surface area contributed by atoms with Crippen LogP contribution < -0.4 is 5.32 Å². The summed E-state index contributed by atoms with van der Waals surface area (Å²) in [5.74, 6) is 0.0969. The molecule has 0 radical (unpaired) electrons. The van der Waals surface area contributed by atoms with Gasteiger partial charge >= 0.3 is 0 Å². The van der Waals surface area contributed by atoms with Gasteiger partial charge in [0, 0.05) is 26.0 Å². The molecule has 0 aliphatic carbocycles. The zero-order valence-electron chi connectivity index (χ0n) is 11.3. The van der Waals surface area contributed by atoms with E-state index in [9.17, 15) is 4.79 Å². The highest BCUT2D eigenvalue weighted by Gasteiger charge is 2.20. The number of carbonyl (C=O) groups is 1. The average molecular weight is 402 g/mol. The van der Waals surface area contributed by atoms with Crippen molar-refractivity contribution in [2.45, 2.75) is 26.2 Å². The van der Waals surface area contributed by atoms with E-state index >= 15 is 0 Å². The molecule has 4 nitrogen and oxygen atoms in total. The van der Waals surface area contributed by atoms with E-state index in [2.05, 4.69) is 42.3 Å². The normalized spacial score (nSPS) is 11.4. The summed E-state index contributed by atoms with van der Waals surface area (Å²) in [6.07, 6.45) is 0. The van der Waals surface area contributed by atoms with Gasteiger partial charge < -0.3 is 4.52 Å². The SMILES string of the molecule is CC(C)(C)c1cc(NC(=O)c2cc(Br)cc(Br)c2)on1. The molecule has 2 rings (SSSR count). The molecular formula is C14H14Br2N2O2. The summed E-state index contributed by atoms with van der Waals surface area (Å²) in [6.45, 7) is 6.09. The van der Waals surface area contributed by atoms with Gasteiger partial charge in [0.05, 0.1) is 5.69 Å². The lowest BCUT2D eigenvalue weighted by atomic mass is 9.92. The first-order chi connectivity index (χ1) is 9.25. The summed E-state index contributed by atoms with van der Waals surface area (Å²) in [7, 11) is 0. The predicted molar refractivity (Wildman–Crippen MR) is 85.0 cm³/mol. The Bertz CT molecular complexity index is 625. The fourth-order valence-electron chi connectivity index (χ4n) is 1.56. The van der Waals surface area contributed by atoms with Crippen molar-refractivity contribution in [1.82, 2.24) is 5.16 Å². The fourth-order valence-corrected chi connectivity index (χ4v) is 2.85. The Morgan fingerprint density at radius 3 is 2.25 bits per heavy atom. The topological polar surface area (TPSA) is 55.1 Å². The Morgan fingerprint density at radius 1 is 1.15 bits per heavy atom. The van der Waals surface area contributed by atoms with Gasteiger partial charge in [-0.15, -0.1) is 0 Å². The average Bonchev–Trinajstić information content (AvgIpc) is 2.75. The minimum Gasteiger partial charge on any atom is -0.338 e. The molecule has 1 amide bonds. The van der Waals surface area contributed by atoms with Gasteiger partial charge in [-0.25, -0.2) is 0 Å². The number of anilines is 1. The van der Waals surface area contributed by atoms with Crippen LogP contribution >= 0.6 is 31.9 Å². The molecule has 1 aromatic heterocycles. The van der Waals surface area contributed by atoms with Gasteiger partial charge in [0.2, 0.25) is 5.88 Å². The zero-order valence-corrected chi connectivity index (χ0v) is 14.5. The number of nitrogens with zero attached hydrogens (tertiary/aromatic N) is 1. The number of hydrogen-bond acceptors (Lipinski definition) is 3. The van der Waals surface area contributed by atoms with Crippen molar-refractivity contribution in [3.63, 3.8) is 0 Å². The van der Waals surface area contributed by atoms with E-state index in [0.717, 1.165) is 14.6 Å². The number of hydrogen-bond donors (Lipinski definition) is 1. The molecule has 1 aromatic carbocycles. The Kier molecular flexibility index (Phi) is 4.34. The van der Waals surface area contributed by atoms with E-state index in [-0.39, 0.29) is 11.3 Å². The first kappa shape index (κ1) is 15.3. The van der Waals surface area contributed by atoms with Crippen molar-refractivity contribution in [2.24, 2.45) is 0 Å². The van der Waals surface area contributed by atoms with Gasteiger partial charge in [-0.05, 0) is 18.2 Å². The van der Waals surface area contributed by atoms with Crippen LogP contribution in [0.1, 0.15) is 36.8 Å². The maximum atomic E-state index is 12.1. The lowest BCUT2D eigenvalue weighted by Crippen LogP contribution is -2.12. The van der Waals surface area contributed by atoms with E-state index in [0.29, 0.717) is 11.4 Å². The molecule has 0 saturated heterocycles. The number of amides is 1. The van der Waals surface area contributed by atoms with Crippen molar-refractivity contribution >= 4 is 43.7 Å². The van der Waals surface area contributed by atoms with Crippen LogP contribution in [0.25, 0.3) is 0 Å². The van der Waals surface area contributed by atoms with Crippen LogP contribution in [0, 0.1) is 0 Å². The lowest BCUT2D eigenvalue weighted by molar-refractivity contribution is 0.102. The van der Waals surface area contributed by atoms with Crippen LogP contribution in [0.2, 0.25) is 0 Å². The maximum absolute atomic E-state index is 12.1. The van der Waals surface area contributed by atoms with E-state index in [4.69, 9.17) is 4.52 Å². The second-order valence-electron chi connectivity index (χ2n) is 5.44. The highest BCUT2D eigenvalue weighted by Crippen LogP contribution is 2.25. The van der Waals surface area contributed by atoms with Crippen LogP contribution in [-0.4, -0.2) is 11.1 Å². The van der Waals surface area contributed by atoms with Crippen molar-refractivity contribution in [2.75, 3.05) is 5.32 Å². The fraction of sp³-hybridized carbons (Fsp3) is 0.286. The summed E-state index contributed by atoms with van der Waals surface area (Å²) < 4.78 is 6.79. The first-order valence-corrected chi connectivity index (χ1v) is 7.59. The summed E-state index contributed by atoms with van der Waals surface area (Å²) in [6, 6.07) is 7.08. The van der Waals surface area contributed by atoms with E-state index in [1.54, 1.807) is 18.2 Å². The number of aromatic nitrogens is 1. The lowest BCUT2D eigenvalue weighted by Gasteiger charge is -2.12. The third kappa shape index (κ3) is 3.70. The smallest absolute Gasteiger partial charge is 0.258 e. The highest BCUT2D eigenvalue weighted by atomic mass is 79.9. The van der Waals surface area contributed by atoms with Crippen molar-refractivity contribution in [1.29, 1.82) is 0 Å². The molecule has 0 unspecified atom stereocenters. The quantitative estimate of drug-likeness (QED) is 0.789. The standard InChI is InChI=1S/C14H14Br2N2O2/c1-14(2,3)11-7-12(20-18-11)17-13(19)8-4-9(15)6-10(16)5-8/h4-7H,1-3H3,(H,17,19). The third-order valence-corrected chi connectivity index (χ3v) is 3.56. The summed E-state index contributed by atoms with van der Waals surface area (Å²) in [4.78, 5) is 12.1. The molecule has 106 valence electrons.